The smallest absolute Gasteiger partial charge is 0.0373 e. The summed E-state index contributed by atoms with van der Waals surface area (Å²) in [5, 5.41) is 3.68. The van der Waals surface area contributed by atoms with E-state index >= 15 is 0 Å². The number of hydrogen-bond donors (Lipinski definition) is 1. The van der Waals surface area contributed by atoms with E-state index in [2.05, 4.69) is 67.3 Å². The van der Waals surface area contributed by atoms with Crippen molar-refractivity contribution in [1.82, 2.24) is 10.2 Å². The number of rotatable bonds is 3. The fourth-order valence-electron chi connectivity index (χ4n) is 2.77. The van der Waals surface area contributed by atoms with Crippen molar-refractivity contribution in [3.63, 3.8) is 0 Å². The minimum absolute atomic E-state index is 0.546. The van der Waals surface area contributed by atoms with Gasteiger partial charge in [-0.3, -0.25) is 0 Å². The molecule has 0 aliphatic carbocycles. The van der Waals surface area contributed by atoms with Gasteiger partial charge in [-0.1, -0.05) is 12.1 Å². The molecule has 1 aliphatic heterocycles. The van der Waals surface area contributed by atoms with Crippen molar-refractivity contribution in [2.24, 2.45) is 0 Å². The van der Waals surface area contributed by atoms with Gasteiger partial charge >= 0.3 is 0 Å². The Kier molecular flexibility index (Phi) is 4.25. The van der Waals surface area contributed by atoms with E-state index in [1.807, 2.05) is 0 Å². The van der Waals surface area contributed by atoms with Crippen LogP contribution in [0.4, 0.5) is 5.69 Å². The molecule has 0 spiro atoms. The van der Waals surface area contributed by atoms with E-state index in [1.165, 1.54) is 11.3 Å². The largest absolute Gasteiger partial charge is 0.368 e. The normalized spacial score (nSPS) is 24.6. The average Bonchev–Trinajstić information content (AvgIpc) is 2.27. The molecular weight excluding hydrogens is 222 g/mol. The van der Waals surface area contributed by atoms with Crippen LogP contribution in [-0.4, -0.2) is 50.7 Å². The monoisotopic (exact) mass is 247 g/mol. The first-order chi connectivity index (χ1) is 8.54. The van der Waals surface area contributed by atoms with Gasteiger partial charge in [0.1, 0.15) is 0 Å². The fourth-order valence-corrected chi connectivity index (χ4v) is 2.77. The van der Waals surface area contributed by atoms with Gasteiger partial charge in [0.15, 0.2) is 0 Å². The van der Waals surface area contributed by atoms with Gasteiger partial charge in [0, 0.05) is 37.4 Å². The van der Waals surface area contributed by atoms with Crippen molar-refractivity contribution in [2.75, 3.05) is 38.6 Å². The lowest BCUT2D eigenvalue weighted by Gasteiger charge is -2.40. The Morgan fingerprint density at radius 3 is 2.78 bits per heavy atom. The third-order valence-corrected chi connectivity index (χ3v) is 3.41. The highest BCUT2D eigenvalue weighted by Gasteiger charge is 2.24. The molecule has 1 saturated heterocycles. The van der Waals surface area contributed by atoms with E-state index in [4.69, 9.17) is 0 Å². The van der Waals surface area contributed by atoms with E-state index in [0.29, 0.717) is 12.1 Å². The van der Waals surface area contributed by atoms with Crippen molar-refractivity contribution < 1.29 is 0 Å². The molecule has 1 aromatic rings. The zero-order valence-electron chi connectivity index (χ0n) is 12.0. The van der Waals surface area contributed by atoms with Gasteiger partial charge in [0.05, 0.1) is 0 Å². The molecule has 18 heavy (non-hydrogen) atoms. The van der Waals surface area contributed by atoms with Crippen LogP contribution in [0.3, 0.4) is 0 Å². The van der Waals surface area contributed by atoms with Gasteiger partial charge in [-0.05, 0) is 45.6 Å². The Balaban J connectivity index is 2.08. The van der Waals surface area contributed by atoms with Crippen molar-refractivity contribution in [3.8, 4) is 0 Å². The van der Waals surface area contributed by atoms with Crippen LogP contribution in [0.25, 0.3) is 0 Å². The van der Waals surface area contributed by atoms with E-state index in [1.54, 1.807) is 0 Å². The maximum atomic E-state index is 3.68. The first-order valence-corrected chi connectivity index (χ1v) is 6.77. The molecule has 3 heteroatoms. The van der Waals surface area contributed by atoms with Crippen LogP contribution in [0.15, 0.2) is 24.3 Å². The van der Waals surface area contributed by atoms with E-state index < -0.39 is 0 Å². The van der Waals surface area contributed by atoms with Crippen LogP contribution in [-0.2, 0) is 0 Å². The summed E-state index contributed by atoms with van der Waals surface area (Å²) < 4.78 is 0. The third kappa shape index (κ3) is 3.47. The highest BCUT2D eigenvalue weighted by atomic mass is 15.2. The summed E-state index contributed by atoms with van der Waals surface area (Å²) in [5.74, 6) is 0. The molecule has 0 radical (unpaired) electrons. The summed E-state index contributed by atoms with van der Waals surface area (Å²) in [7, 11) is 4.27. The molecule has 1 fully saturated rings. The van der Waals surface area contributed by atoms with Gasteiger partial charge in [0.25, 0.3) is 0 Å². The van der Waals surface area contributed by atoms with Crippen molar-refractivity contribution in [3.05, 3.63) is 29.8 Å². The topological polar surface area (TPSA) is 18.5 Å². The lowest BCUT2D eigenvalue weighted by molar-refractivity contribution is 0.297. The SMILES string of the molecule is Cc1cccc(N2CC(C)NC(CN(C)C)C2)c1. The predicted molar refractivity (Wildman–Crippen MR) is 78.3 cm³/mol. The van der Waals surface area contributed by atoms with Crippen LogP contribution in [0.2, 0.25) is 0 Å². The predicted octanol–water partition coefficient (Wildman–Crippen LogP) is 1.72. The number of anilines is 1. The fraction of sp³-hybridized carbons (Fsp3) is 0.600. The molecule has 2 rings (SSSR count). The summed E-state index contributed by atoms with van der Waals surface area (Å²) in [5.41, 5.74) is 2.69. The quantitative estimate of drug-likeness (QED) is 0.877. The Bertz CT molecular complexity index is 387. The summed E-state index contributed by atoms with van der Waals surface area (Å²) in [6.45, 7) is 7.70. The second kappa shape index (κ2) is 5.72. The van der Waals surface area contributed by atoms with Gasteiger partial charge in [-0.2, -0.15) is 0 Å². The number of hydrogen-bond acceptors (Lipinski definition) is 3. The maximum absolute atomic E-state index is 3.68. The number of benzene rings is 1. The van der Waals surface area contributed by atoms with Crippen LogP contribution in [0.1, 0.15) is 12.5 Å². The lowest BCUT2D eigenvalue weighted by Crippen LogP contribution is -2.58. The van der Waals surface area contributed by atoms with Crippen molar-refractivity contribution in [1.29, 1.82) is 0 Å². The van der Waals surface area contributed by atoms with E-state index in [9.17, 15) is 0 Å². The van der Waals surface area contributed by atoms with Crippen LogP contribution in [0, 0.1) is 6.92 Å². The van der Waals surface area contributed by atoms with Crippen molar-refractivity contribution >= 4 is 5.69 Å². The molecule has 0 amide bonds. The van der Waals surface area contributed by atoms with Crippen LogP contribution in [0.5, 0.6) is 0 Å². The molecular formula is C15H25N3. The Morgan fingerprint density at radius 1 is 1.33 bits per heavy atom. The number of aryl methyl sites for hydroxylation is 1. The van der Waals surface area contributed by atoms with Crippen molar-refractivity contribution in [2.45, 2.75) is 25.9 Å². The molecule has 2 unspecified atom stereocenters. The summed E-state index contributed by atoms with van der Waals surface area (Å²) >= 11 is 0. The van der Waals surface area contributed by atoms with Gasteiger partial charge in [-0.15, -0.1) is 0 Å². The Morgan fingerprint density at radius 2 is 2.11 bits per heavy atom. The summed E-state index contributed by atoms with van der Waals surface area (Å²) in [6, 6.07) is 9.90. The summed E-state index contributed by atoms with van der Waals surface area (Å²) in [4.78, 5) is 4.76. The molecule has 3 nitrogen and oxygen atoms in total. The van der Waals surface area contributed by atoms with Gasteiger partial charge in [0.2, 0.25) is 0 Å². The molecule has 1 aromatic carbocycles. The summed E-state index contributed by atoms with van der Waals surface area (Å²) in [6.07, 6.45) is 0. The first-order valence-electron chi connectivity index (χ1n) is 6.77. The number of piperazine rings is 1. The first kappa shape index (κ1) is 13.4. The van der Waals surface area contributed by atoms with E-state index in [0.717, 1.165) is 19.6 Å². The lowest BCUT2D eigenvalue weighted by atomic mass is 10.1. The highest BCUT2D eigenvalue weighted by Crippen LogP contribution is 2.19. The third-order valence-electron chi connectivity index (χ3n) is 3.41. The number of nitrogens with one attached hydrogen (secondary N) is 1. The second-order valence-corrected chi connectivity index (χ2v) is 5.77. The molecule has 0 saturated carbocycles. The number of likely N-dealkylation sites (N-methyl/N-ethyl adjacent to an activating group) is 1. The standard InChI is InChI=1S/C15H25N3/c1-12-6-5-7-15(8-12)18-9-13(2)16-14(11-18)10-17(3)4/h5-8,13-14,16H,9-11H2,1-4H3. The molecule has 100 valence electrons. The maximum Gasteiger partial charge on any atom is 0.0373 e. The minimum Gasteiger partial charge on any atom is -0.368 e. The van der Waals surface area contributed by atoms with Gasteiger partial charge < -0.3 is 15.1 Å². The van der Waals surface area contributed by atoms with Crippen LogP contribution < -0.4 is 10.2 Å². The molecule has 0 bridgehead atoms. The van der Waals surface area contributed by atoms with E-state index in [-0.39, 0.29) is 0 Å². The zero-order chi connectivity index (χ0) is 13.1. The molecule has 1 aliphatic rings. The molecule has 1 heterocycles. The zero-order valence-corrected chi connectivity index (χ0v) is 12.0. The average molecular weight is 247 g/mol. The molecule has 2 atom stereocenters. The van der Waals surface area contributed by atoms with Crippen LogP contribution >= 0.6 is 0 Å². The second-order valence-electron chi connectivity index (χ2n) is 5.77. The molecule has 0 aromatic heterocycles. The minimum atomic E-state index is 0.546. The number of nitrogens with zero attached hydrogens (tertiary/aromatic N) is 2. The Labute approximate surface area is 111 Å². The molecule has 1 N–H and O–H groups in total. The Hall–Kier alpha value is -1.06. The van der Waals surface area contributed by atoms with Gasteiger partial charge in [-0.25, -0.2) is 0 Å². The highest BCUT2D eigenvalue weighted by molar-refractivity contribution is 5.49.